The molecule has 7 heteroatoms. The van der Waals surface area contributed by atoms with Crippen LogP contribution in [0.25, 0.3) is 0 Å². The number of imide groups is 1. The Labute approximate surface area is 147 Å². The molecule has 2 fully saturated rings. The lowest BCUT2D eigenvalue weighted by molar-refractivity contribution is -0.140. The Morgan fingerprint density at radius 1 is 1.24 bits per heavy atom. The van der Waals surface area contributed by atoms with E-state index in [1.165, 1.54) is 4.90 Å². The van der Waals surface area contributed by atoms with Crippen molar-refractivity contribution in [3.8, 4) is 0 Å². The molecule has 1 N–H and O–H groups in total. The number of hydrogen-bond acceptors (Lipinski definition) is 4. The SMILES string of the molecule is CC(C)Cn1nccc1NC(=O)CCN1C(=O)C2CCCCC2C1=O. The van der Waals surface area contributed by atoms with Crippen molar-refractivity contribution in [3.63, 3.8) is 0 Å². The highest BCUT2D eigenvalue weighted by Gasteiger charge is 2.47. The third-order valence-electron chi connectivity index (χ3n) is 5.02. The Kier molecular flexibility index (Phi) is 5.20. The number of carbonyl (C=O) groups excluding carboxylic acids is 3. The first-order valence-electron chi connectivity index (χ1n) is 9.14. The van der Waals surface area contributed by atoms with Crippen LogP contribution in [0.5, 0.6) is 0 Å². The molecule has 25 heavy (non-hydrogen) atoms. The van der Waals surface area contributed by atoms with Crippen molar-refractivity contribution in [2.75, 3.05) is 11.9 Å². The monoisotopic (exact) mass is 346 g/mol. The summed E-state index contributed by atoms with van der Waals surface area (Å²) in [5.74, 6) is 0.361. The lowest BCUT2D eigenvalue weighted by Gasteiger charge is -2.19. The second kappa shape index (κ2) is 7.37. The molecule has 1 aromatic heterocycles. The Bertz CT molecular complexity index is 643. The third-order valence-corrected chi connectivity index (χ3v) is 5.02. The summed E-state index contributed by atoms with van der Waals surface area (Å²) < 4.78 is 1.75. The van der Waals surface area contributed by atoms with E-state index in [9.17, 15) is 14.4 Å². The van der Waals surface area contributed by atoms with Gasteiger partial charge in [0.1, 0.15) is 5.82 Å². The van der Waals surface area contributed by atoms with Gasteiger partial charge in [-0.05, 0) is 18.8 Å². The van der Waals surface area contributed by atoms with Crippen LogP contribution in [0.2, 0.25) is 0 Å². The smallest absolute Gasteiger partial charge is 0.233 e. The molecule has 136 valence electrons. The fraction of sp³-hybridized carbons (Fsp3) is 0.667. The summed E-state index contributed by atoms with van der Waals surface area (Å²) in [6.45, 7) is 5.04. The maximum absolute atomic E-state index is 12.4. The molecule has 2 atom stereocenters. The average molecular weight is 346 g/mol. The van der Waals surface area contributed by atoms with E-state index in [0.29, 0.717) is 11.7 Å². The zero-order valence-electron chi connectivity index (χ0n) is 14.9. The van der Waals surface area contributed by atoms with E-state index < -0.39 is 0 Å². The molecular weight excluding hydrogens is 320 g/mol. The minimum Gasteiger partial charge on any atom is -0.311 e. The number of carbonyl (C=O) groups is 3. The van der Waals surface area contributed by atoms with Gasteiger partial charge in [-0.25, -0.2) is 4.68 Å². The van der Waals surface area contributed by atoms with Gasteiger partial charge in [0, 0.05) is 25.6 Å². The van der Waals surface area contributed by atoms with E-state index in [2.05, 4.69) is 24.3 Å². The molecule has 1 saturated carbocycles. The number of nitrogens with zero attached hydrogens (tertiary/aromatic N) is 3. The predicted molar refractivity (Wildman–Crippen MR) is 92.5 cm³/mol. The van der Waals surface area contributed by atoms with Gasteiger partial charge in [-0.2, -0.15) is 5.10 Å². The number of anilines is 1. The second-order valence-electron chi connectivity index (χ2n) is 7.42. The molecule has 0 bridgehead atoms. The van der Waals surface area contributed by atoms with E-state index in [1.807, 2.05) is 0 Å². The molecule has 3 amide bonds. The van der Waals surface area contributed by atoms with Crippen molar-refractivity contribution < 1.29 is 14.4 Å². The quantitative estimate of drug-likeness (QED) is 0.799. The molecule has 3 rings (SSSR count). The zero-order chi connectivity index (χ0) is 18.0. The molecule has 2 heterocycles. The number of amides is 3. The zero-order valence-corrected chi connectivity index (χ0v) is 14.9. The van der Waals surface area contributed by atoms with Crippen molar-refractivity contribution in [2.45, 2.75) is 52.5 Å². The van der Waals surface area contributed by atoms with Crippen molar-refractivity contribution in [2.24, 2.45) is 17.8 Å². The van der Waals surface area contributed by atoms with Crippen molar-refractivity contribution in [1.82, 2.24) is 14.7 Å². The summed E-state index contributed by atoms with van der Waals surface area (Å²) in [6, 6.07) is 1.75. The summed E-state index contributed by atoms with van der Waals surface area (Å²) in [7, 11) is 0. The Balaban J connectivity index is 1.55. The van der Waals surface area contributed by atoms with Crippen LogP contribution in [0, 0.1) is 17.8 Å². The van der Waals surface area contributed by atoms with Gasteiger partial charge in [0.2, 0.25) is 17.7 Å². The van der Waals surface area contributed by atoms with Crippen LogP contribution in [0.4, 0.5) is 5.82 Å². The minimum absolute atomic E-state index is 0.0904. The van der Waals surface area contributed by atoms with Crippen LogP contribution in [0.1, 0.15) is 46.0 Å². The Hall–Kier alpha value is -2.18. The summed E-state index contributed by atoms with van der Waals surface area (Å²) in [4.78, 5) is 38.4. The van der Waals surface area contributed by atoms with Gasteiger partial charge in [-0.3, -0.25) is 19.3 Å². The van der Waals surface area contributed by atoms with E-state index in [1.54, 1.807) is 16.9 Å². The first kappa shape index (κ1) is 17.6. The molecule has 7 nitrogen and oxygen atoms in total. The summed E-state index contributed by atoms with van der Waals surface area (Å²) >= 11 is 0. The molecule has 0 aromatic carbocycles. The maximum Gasteiger partial charge on any atom is 0.233 e. The number of hydrogen-bond donors (Lipinski definition) is 1. The third kappa shape index (κ3) is 3.75. The van der Waals surface area contributed by atoms with Gasteiger partial charge >= 0.3 is 0 Å². The van der Waals surface area contributed by atoms with E-state index in [0.717, 1.165) is 32.2 Å². The van der Waals surface area contributed by atoms with Gasteiger partial charge in [-0.1, -0.05) is 26.7 Å². The van der Waals surface area contributed by atoms with Crippen LogP contribution in [-0.2, 0) is 20.9 Å². The fourth-order valence-electron chi connectivity index (χ4n) is 3.80. The number of nitrogens with one attached hydrogen (secondary N) is 1. The fourth-order valence-corrected chi connectivity index (χ4v) is 3.80. The number of fused-ring (bicyclic) bond motifs is 1. The minimum atomic E-state index is -0.207. The Morgan fingerprint density at radius 2 is 1.88 bits per heavy atom. The maximum atomic E-state index is 12.4. The van der Waals surface area contributed by atoms with Gasteiger partial charge in [-0.15, -0.1) is 0 Å². The van der Waals surface area contributed by atoms with Crippen LogP contribution in [0.3, 0.4) is 0 Å². The molecule has 1 aliphatic carbocycles. The van der Waals surface area contributed by atoms with Gasteiger partial charge in [0.15, 0.2) is 0 Å². The number of rotatable bonds is 6. The topological polar surface area (TPSA) is 84.3 Å². The molecule has 1 saturated heterocycles. The largest absolute Gasteiger partial charge is 0.311 e. The number of aromatic nitrogens is 2. The normalized spacial score (nSPS) is 23.2. The molecule has 2 aliphatic rings. The van der Waals surface area contributed by atoms with Gasteiger partial charge in [0.05, 0.1) is 18.0 Å². The lowest BCUT2D eigenvalue weighted by atomic mass is 9.81. The summed E-state index contributed by atoms with van der Waals surface area (Å²) in [5, 5.41) is 7.03. The van der Waals surface area contributed by atoms with E-state index in [-0.39, 0.29) is 42.5 Å². The van der Waals surface area contributed by atoms with Crippen LogP contribution in [0.15, 0.2) is 12.3 Å². The van der Waals surface area contributed by atoms with Crippen molar-refractivity contribution >= 4 is 23.5 Å². The van der Waals surface area contributed by atoms with Crippen LogP contribution < -0.4 is 5.32 Å². The molecule has 1 aromatic rings. The molecule has 0 radical (unpaired) electrons. The highest BCUT2D eigenvalue weighted by Crippen LogP contribution is 2.37. The highest BCUT2D eigenvalue weighted by atomic mass is 16.2. The molecule has 1 aliphatic heterocycles. The van der Waals surface area contributed by atoms with Gasteiger partial charge < -0.3 is 5.32 Å². The van der Waals surface area contributed by atoms with Gasteiger partial charge in [0.25, 0.3) is 0 Å². The van der Waals surface area contributed by atoms with Crippen molar-refractivity contribution in [3.05, 3.63) is 12.3 Å². The highest BCUT2D eigenvalue weighted by molar-refractivity contribution is 6.05. The number of likely N-dealkylation sites (tertiary alicyclic amines) is 1. The molecule has 2 unspecified atom stereocenters. The average Bonchev–Trinajstić information content (AvgIpc) is 3.09. The van der Waals surface area contributed by atoms with E-state index in [4.69, 9.17) is 0 Å². The van der Waals surface area contributed by atoms with Crippen molar-refractivity contribution in [1.29, 1.82) is 0 Å². The first-order chi connectivity index (χ1) is 12.0. The Morgan fingerprint density at radius 3 is 2.48 bits per heavy atom. The standard InChI is InChI=1S/C18H26N4O3/c1-12(2)11-22-15(7-9-19-22)20-16(23)8-10-21-17(24)13-5-3-4-6-14(13)18(21)25/h7,9,12-14H,3-6,8,10-11H2,1-2H3,(H,20,23). The summed E-state index contributed by atoms with van der Waals surface area (Å²) in [6.07, 6.45) is 5.38. The lowest BCUT2D eigenvalue weighted by Crippen LogP contribution is -2.34. The second-order valence-corrected chi connectivity index (χ2v) is 7.42. The molecular formula is C18H26N4O3. The van der Waals surface area contributed by atoms with Crippen LogP contribution >= 0.6 is 0 Å². The predicted octanol–water partition coefficient (Wildman–Crippen LogP) is 2.04. The molecule has 0 spiro atoms. The van der Waals surface area contributed by atoms with E-state index >= 15 is 0 Å². The first-order valence-corrected chi connectivity index (χ1v) is 9.14. The summed E-state index contributed by atoms with van der Waals surface area (Å²) in [5.41, 5.74) is 0. The van der Waals surface area contributed by atoms with Crippen LogP contribution in [-0.4, -0.2) is 38.9 Å².